The third-order valence-electron chi connectivity index (χ3n) is 3.83. The van der Waals surface area contributed by atoms with Crippen molar-refractivity contribution in [3.8, 4) is 11.1 Å². The highest BCUT2D eigenvalue weighted by Gasteiger charge is 2.12. The first-order chi connectivity index (χ1) is 10.6. The summed E-state index contributed by atoms with van der Waals surface area (Å²) in [6, 6.07) is 12.0. The van der Waals surface area contributed by atoms with Gasteiger partial charge in [0.05, 0.1) is 10.9 Å². The van der Waals surface area contributed by atoms with Crippen LogP contribution in [0.15, 0.2) is 51.9 Å². The van der Waals surface area contributed by atoms with Gasteiger partial charge in [0.2, 0.25) is 5.43 Å². The first-order valence-corrected chi connectivity index (χ1v) is 8.82. The first kappa shape index (κ1) is 15.4. The van der Waals surface area contributed by atoms with Crippen LogP contribution in [0.25, 0.3) is 22.1 Å². The highest BCUT2D eigenvalue weighted by Crippen LogP contribution is 2.26. The second kappa shape index (κ2) is 6.32. The quantitative estimate of drug-likeness (QED) is 0.662. The van der Waals surface area contributed by atoms with Gasteiger partial charge in [-0.3, -0.25) is 4.79 Å². The maximum atomic E-state index is 12.9. The average Bonchev–Trinajstić information content (AvgIpc) is 2.55. The standard InChI is InChI=1S/C18H18O2P2/c1-11-2-4-13(5-3-11)16-8-20-18-14(10-22)6-12(9-21)7-15(18)17(16)19/h2-8H,9-10,21-22H2,1H3. The predicted molar refractivity (Wildman–Crippen MR) is 99.5 cm³/mol. The number of hydrogen-bond acceptors (Lipinski definition) is 2. The van der Waals surface area contributed by atoms with Gasteiger partial charge in [-0.05, 0) is 42.0 Å². The molecular weight excluding hydrogens is 310 g/mol. The lowest BCUT2D eigenvalue weighted by atomic mass is 10.0. The van der Waals surface area contributed by atoms with Crippen LogP contribution >= 0.6 is 18.5 Å². The Bertz CT molecular complexity index is 880. The Balaban J connectivity index is 2.29. The molecule has 0 N–H and O–H groups in total. The maximum Gasteiger partial charge on any atom is 0.200 e. The van der Waals surface area contributed by atoms with E-state index >= 15 is 0 Å². The van der Waals surface area contributed by atoms with E-state index in [1.54, 1.807) is 6.26 Å². The third-order valence-corrected chi connectivity index (χ3v) is 4.74. The summed E-state index contributed by atoms with van der Waals surface area (Å²) >= 11 is 0. The van der Waals surface area contributed by atoms with Crippen LogP contribution in [0.1, 0.15) is 16.7 Å². The van der Waals surface area contributed by atoms with E-state index in [0.717, 1.165) is 29.0 Å². The van der Waals surface area contributed by atoms with Crippen LogP contribution in [-0.2, 0) is 12.3 Å². The number of aryl methyl sites for hydroxylation is 1. The van der Waals surface area contributed by atoms with Crippen molar-refractivity contribution in [3.05, 3.63) is 69.6 Å². The molecule has 0 amide bonds. The van der Waals surface area contributed by atoms with E-state index in [1.165, 1.54) is 5.56 Å². The zero-order chi connectivity index (χ0) is 15.7. The summed E-state index contributed by atoms with van der Waals surface area (Å²) in [5.41, 5.74) is 5.58. The molecule has 0 bridgehead atoms. The Labute approximate surface area is 134 Å². The lowest BCUT2D eigenvalue weighted by Gasteiger charge is -2.08. The molecule has 0 radical (unpaired) electrons. The van der Waals surface area contributed by atoms with Gasteiger partial charge in [-0.2, -0.15) is 0 Å². The Kier molecular flexibility index (Phi) is 4.43. The van der Waals surface area contributed by atoms with E-state index in [4.69, 9.17) is 4.42 Å². The van der Waals surface area contributed by atoms with Gasteiger partial charge in [0.1, 0.15) is 11.8 Å². The SMILES string of the molecule is Cc1ccc(-c2coc3c(CP)cc(CP)cc3c2=O)cc1. The van der Waals surface area contributed by atoms with Crippen molar-refractivity contribution in [2.24, 2.45) is 0 Å². The summed E-state index contributed by atoms with van der Waals surface area (Å²) in [5, 5.41) is 0.662. The molecule has 112 valence electrons. The fraction of sp³-hybridized carbons (Fsp3) is 0.167. The monoisotopic (exact) mass is 328 g/mol. The number of fused-ring (bicyclic) bond motifs is 1. The van der Waals surface area contributed by atoms with Crippen molar-refractivity contribution >= 4 is 29.4 Å². The van der Waals surface area contributed by atoms with Crippen molar-refractivity contribution in [3.63, 3.8) is 0 Å². The Morgan fingerprint density at radius 2 is 1.77 bits per heavy atom. The summed E-state index contributed by atoms with van der Waals surface area (Å²) in [5.74, 6) is 0. The van der Waals surface area contributed by atoms with Crippen LogP contribution in [0.4, 0.5) is 0 Å². The van der Waals surface area contributed by atoms with E-state index in [1.807, 2.05) is 37.3 Å². The molecule has 0 saturated heterocycles. The molecule has 2 aromatic carbocycles. The van der Waals surface area contributed by atoms with Gasteiger partial charge in [-0.1, -0.05) is 35.9 Å². The van der Waals surface area contributed by atoms with Gasteiger partial charge in [-0.15, -0.1) is 18.5 Å². The van der Waals surface area contributed by atoms with Crippen LogP contribution < -0.4 is 5.43 Å². The van der Waals surface area contributed by atoms with Gasteiger partial charge >= 0.3 is 0 Å². The van der Waals surface area contributed by atoms with E-state index in [2.05, 4.69) is 24.5 Å². The summed E-state index contributed by atoms with van der Waals surface area (Å²) in [4.78, 5) is 12.9. The topological polar surface area (TPSA) is 30.2 Å². The van der Waals surface area contributed by atoms with E-state index in [9.17, 15) is 4.79 Å². The lowest BCUT2D eigenvalue weighted by Crippen LogP contribution is -2.06. The number of hydrogen-bond donors (Lipinski definition) is 0. The van der Waals surface area contributed by atoms with Crippen molar-refractivity contribution in [1.29, 1.82) is 0 Å². The summed E-state index contributed by atoms with van der Waals surface area (Å²) < 4.78 is 5.81. The van der Waals surface area contributed by atoms with Crippen LogP contribution in [0, 0.1) is 6.92 Å². The number of benzene rings is 2. The molecule has 3 rings (SSSR count). The molecule has 1 heterocycles. The second-order valence-corrected chi connectivity index (χ2v) is 6.20. The molecule has 1 aromatic heterocycles. The summed E-state index contributed by atoms with van der Waals surface area (Å²) in [7, 11) is 5.40. The normalized spacial score (nSPS) is 11.0. The molecule has 0 aliphatic carbocycles. The second-order valence-electron chi connectivity index (χ2n) is 5.38. The molecule has 22 heavy (non-hydrogen) atoms. The van der Waals surface area contributed by atoms with Gasteiger partial charge in [0.15, 0.2) is 0 Å². The van der Waals surface area contributed by atoms with E-state index < -0.39 is 0 Å². The summed E-state index contributed by atoms with van der Waals surface area (Å²) in [6.07, 6.45) is 3.17. The van der Waals surface area contributed by atoms with E-state index in [-0.39, 0.29) is 5.43 Å². The third kappa shape index (κ3) is 2.74. The van der Waals surface area contributed by atoms with Gasteiger partial charge in [-0.25, -0.2) is 0 Å². The van der Waals surface area contributed by atoms with Crippen molar-refractivity contribution < 1.29 is 4.42 Å². The molecule has 2 nitrogen and oxygen atoms in total. The smallest absolute Gasteiger partial charge is 0.200 e. The summed E-state index contributed by atoms with van der Waals surface area (Å²) in [6.45, 7) is 2.03. The molecule has 0 saturated carbocycles. The molecule has 0 spiro atoms. The first-order valence-electron chi connectivity index (χ1n) is 7.18. The largest absolute Gasteiger partial charge is 0.463 e. The molecule has 3 aromatic rings. The highest BCUT2D eigenvalue weighted by molar-refractivity contribution is 7.15. The Morgan fingerprint density at radius 1 is 1.05 bits per heavy atom. The average molecular weight is 328 g/mol. The van der Waals surface area contributed by atoms with Gasteiger partial charge in [0, 0.05) is 0 Å². The fourth-order valence-electron chi connectivity index (χ4n) is 2.58. The van der Waals surface area contributed by atoms with Crippen molar-refractivity contribution in [2.45, 2.75) is 19.2 Å². The maximum absolute atomic E-state index is 12.9. The van der Waals surface area contributed by atoms with Crippen LogP contribution in [0.2, 0.25) is 0 Å². The highest BCUT2D eigenvalue weighted by atomic mass is 31.0. The number of rotatable bonds is 3. The lowest BCUT2D eigenvalue weighted by molar-refractivity contribution is 0.601. The van der Waals surface area contributed by atoms with E-state index in [0.29, 0.717) is 16.5 Å². The zero-order valence-corrected chi connectivity index (χ0v) is 14.7. The van der Waals surface area contributed by atoms with Gasteiger partial charge < -0.3 is 4.42 Å². The minimum Gasteiger partial charge on any atom is -0.463 e. The van der Waals surface area contributed by atoms with Gasteiger partial charge in [0.25, 0.3) is 0 Å². The molecule has 2 atom stereocenters. The van der Waals surface area contributed by atoms with Crippen LogP contribution in [0.3, 0.4) is 0 Å². The van der Waals surface area contributed by atoms with Crippen molar-refractivity contribution in [2.75, 3.05) is 0 Å². The Hall–Kier alpha value is -1.49. The molecule has 2 unspecified atom stereocenters. The molecule has 0 aliphatic heterocycles. The van der Waals surface area contributed by atoms with Crippen LogP contribution in [0.5, 0.6) is 0 Å². The van der Waals surface area contributed by atoms with Crippen molar-refractivity contribution in [1.82, 2.24) is 0 Å². The molecule has 0 fully saturated rings. The van der Waals surface area contributed by atoms with Crippen LogP contribution in [-0.4, -0.2) is 0 Å². The Morgan fingerprint density at radius 3 is 2.41 bits per heavy atom. The molecule has 0 aliphatic rings. The minimum absolute atomic E-state index is 0.0325. The zero-order valence-electron chi connectivity index (χ0n) is 12.4. The molecular formula is C18H18O2P2. The fourth-order valence-corrected chi connectivity index (χ4v) is 3.12. The minimum atomic E-state index is 0.0325. The molecule has 4 heteroatoms. The predicted octanol–water partition coefficient (Wildman–Crippen LogP) is 4.52.